The van der Waals surface area contributed by atoms with E-state index in [-0.39, 0.29) is 5.56 Å². The van der Waals surface area contributed by atoms with E-state index in [0.717, 1.165) is 17.1 Å². The van der Waals surface area contributed by atoms with Crippen molar-refractivity contribution in [2.24, 2.45) is 0 Å². The van der Waals surface area contributed by atoms with Gasteiger partial charge in [-0.05, 0) is 60.2 Å². The summed E-state index contributed by atoms with van der Waals surface area (Å²) in [7, 11) is -4.00. The van der Waals surface area contributed by atoms with Crippen molar-refractivity contribution in [2.75, 3.05) is 10.0 Å². The van der Waals surface area contributed by atoms with Crippen LogP contribution < -0.4 is 14.7 Å². The number of amides is 1. The van der Waals surface area contributed by atoms with Crippen molar-refractivity contribution in [2.45, 2.75) is 5.75 Å². The average molecular weight is 500 g/mol. The van der Waals surface area contributed by atoms with Gasteiger partial charge in [0.1, 0.15) is 5.82 Å². The predicted molar refractivity (Wildman–Crippen MR) is 139 cm³/mol. The largest absolute Gasteiger partial charge is 0.268 e. The van der Waals surface area contributed by atoms with Crippen molar-refractivity contribution in [1.82, 2.24) is 4.72 Å². The first-order valence-corrected chi connectivity index (χ1v) is 12.8. The van der Waals surface area contributed by atoms with Crippen LogP contribution in [0.15, 0.2) is 110 Å². The molecule has 36 heavy (non-hydrogen) atoms. The number of fused-ring (bicyclic) bond motifs is 1. The van der Waals surface area contributed by atoms with Gasteiger partial charge in [0.05, 0.1) is 28.5 Å². The highest BCUT2D eigenvalue weighted by Crippen LogP contribution is 2.45. The van der Waals surface area contributed by atoms with Crippen LogP contribution >= 0.6 is 0 Å². The molecule has 4 aromatic carbocycles. The quantitative estimate of drug-likeness (QED) is 0.372. The number of carbonyl (C=O) groups is 1. The molecule has 5 rings (SSSR count). The second-order valence-electron chi connectivity index (χ2n) is 8.29. The van der Waals surface area contributed by atoms with E-state index in [9.17, 15) is 17.6 Å². The van der Waals surface area contributed by atoms with Crippen molar-refractivity contribution in [3.05, 3.63) is 132 Å². The summed E-state index contributed by atoms with van der Waals surface area (Å²) in [5.74, 6) is -1.66. The van der Waals surface area contributed by atoms with Gasteiger partial charge in [-0.25, -0.2) is 27.5 Å². The van der Waals surface area contributed by atoms with Crippen LogP contribution in [-0.4, -0.2) is 14.3 Å². The molecular weight excluding hydrogens is 477 g/mol. The van der Waals surface area contributed by atoms with E-state index in [1.54, 1.807) is 18.2 Å². The lowest BCUT2D eigenvalue weighted by Gasteiger charge is -2.32. The van der Waals surface area contributed by atoms with Crippen molar-refractivity contribution < 1.29 is 17.6 Å². The number of halogens is 1. The average Bonchev–Trinajstić information content (AvgIpc) is 3.17. The van der Waals surface area contributed by atoms with Crippen molar-refractivity contribution in [1.29, 1.82) is 0 Å². The molecule has 1 N–H and O–H groups in total. The van der Waals surface area contributed by atoms with Crippen LogP contribution in [0.3, 0.4) is 0 Å². The lowest BCUT2D eigenvalue weighted by molar-refractivity contribution is 0.0981. The van der Waals surface area contributed by atoms with Gasteiger partial charge in [-0.1, -0.05) is 55.1 Å². The molecule has 1 aliphatic heterocycles. The van der Waals surface area contributed by atoms with E-state index < -0.39 is 27.5 Å². The molecule has 0 aliphatic carbocycles. The van der Waals surface area contributed by atoms with E-state index in [0.29, 0.717) is 16.8 Å². The number of rotatable bonds is 6. The minimum absolute atomic E-state index is 0.181. The molecule has 4 aromatic rings. The number of benzene rings is 4. The molecule has 0 saturated carbocycles. The van der Waals surface area contributed by atoms with Gasteiger partial charge in [0, 0.05) is 11.1 Å². The molecular formula is C28H22FN3O3S. The number of anilines is 3. The summed E-state index contributed by atoms with van der Waals surface area (Å²) in [5, 5.41) is 3.95. The summed E-state index contributed by atoms with van der Waals surface area (Å²) in [6.07, 6.45) is 0. The van der Waals surface area contributed by atoms with Crippen LogP contribution in [0.5, 0.6) is 0 Å². The second-order valence-corrected chi connectivity index (χ2v) is 10.0. The van der Waals surface area contributed by atoms with Gasteiger partial charge in [0.25, 0.3) is 5.91 Å². The minimum Gasteiger partial charge on any atom is -0.268 e. The van der Waals surface area contributed by atoms with Crippen LogP contribution in [0.4, 0.5) is 21.5 Å². The first kappa shape index (κ1) is 23.3. The van der Waals surface area contributed by atoms with Crippen LogP contribution in [-0.2, 0) is 15.8 Å². The van der Waals surface area contributed by atoms with Gasteiger partial charge >= 0.3 is 0 Å². The minimum atomic E-state index is -4.00. The van der Waals surface area contributed by atoms with Gasteiger partial charge in [0.2, 0.25) is 10.0 Å². The predicted octanol–water partition coefficient (Wildman–Crippen LogP) is 5.63. The molecule has 0 aromatic heterocycles. The molecule has 180 valence electrons. The molecule has 0 saturated heterocycles. The first-order valence-electron chi connectivity index (χ1n) is 11.2. The maximum atomic E-state index is 13.1. The molecule has 0 atom stereocenters. The summed E-state index contributed by atoms with van der Waals surface area (Å²) in [4.78, 5) is 12.9. The fraction of sp³-hybridized carbons (Fsp3) is 0.0357. The van der Waals surface area contributed by atoms with E-state index in [1.807, 2.05) is 70.7 Å². The van der Waals surface area contributed by atoms with Crippen LogP contribution in [0.25, 0.3) is 5.70 Å². The standard InChI is InChI=1S/C28H22FN3O3S/c1-20-26-18-22(28(33)30-36(34,35)19-21-12-15-23(29)16-13-21)14-17-27(26)32(25-10-6-3-7-11-25)31(20)24-8-4-2-5-9-24/h2-18H,1,19H2,(H,30,33). The number of nitrogens with zero attached hydrogens (tertiary/aromatic N) is 2. The van der Waals surface area contributed by atoms with Gasteiger partial charge in [-0.3, -0.25) is 4.79 Å². The molecule has 0 bridgehead atoms. The zero-order valence-corrected chi connectivity index (χ0v) is 20.0. The Morgan fingerprint density at radius 2 is 1.39 bits per heavy atom. The number of hydrogen-bond donors (Lipinski definition) is 1. The number of para-hydroxylation sites is 2. The molecule has 0 radical (unpaired) electrons. The lowest BCUT2D eigenvalue weighted by Crippen LogP contribution is -2.32. The Morgan fingerprint density at radius 3 is 2.00 bits per heavy atom. The fourth-order valence-corrected chi connectivity index (χ4v) is 5.24. The molecule has 1 heterocycles. The zero-order valence-electron chi connectivity index (χ0n) is 19.1. The van der Waals surface area contributed by atoms with Gasteiger partial charge < -0.3 is 0 Å². The van der Waals surface area contributed by atoms with Gasteiger partial charge in [0.15, 0.2) is 0 Å². The third-order valence-electron chi connectivity index (χ3n) is 5.77. The fourth-order valence-electron chi connectivity index (χ4n) is 4.14. The Labute approximate surface area is 208 Å². The van der Waals surface area contributed by atoms with Crippen LogP contribution in [0.1, 0.15) is 21.5 Å². The Balaban J connectivity index is 1.46. The number of carbonyl (C=O) groups excluding carboxylic acids is 1. The van der Waals surface area contributed by atoms with Gasteiger partial charge in [-0.2, -0.15) is 0 Å². The normalized spacial score (nSPS) is 13.0. The molecule has 6 nitrogen and oxygen atoms in total. The molecule has 0 spiro atoms. The molecule has 1 amide bonds. The van der Waals surface area contributed by atoms with Crippen molar-refractivity contribution in [3.8, 4) is 0 Å². The van der Waals surface area contributed by atoms with Crippen molar-refractivity contribution >= 4 is 38.7 Å². The first-order chi connectivity index (χ1) is 17.3. The summed E-state index contributed by atoms with van der Waals surface area (Å²) < 4.78 is 40.4. The Kier molecular flexibility index (Phi) is 6.03. The monoisotopic (exact) mass is 499 g/mol. The summed E-state index contributed by atoms with van der Waals surface area (Å²) >= 11 is 0. The number of sulfonamides is 1. The highest BCUT2D eigenvalue weighted by Gasteiger charge is 2.33. The van der Waals surface area contributed by atoms with E-state index in [2.05, 4.69) is 11.3 Å². The summed E-state index contributed by atoms with van der Waals surface area (Å²) in [5.41, 5.74) is 4.49. The molecule has 1 aliphatic rings. The Morgan fingerprint density at radius 1 is 0.806 bits per heavy atom. The second kappa shape index (κ2) is 9.31. The SMILES string of the molecule is C=C1c2cc(C(=O)NS(=O)(=O)Cc3ccc(F)cc3)ccc2N(c2ccccc2)N1c1ccccc1. The maximum absolute atomic E-state index is 13.1. The molecule has 0 fully saturated rings. The Bertz CT molecular complexity index is 1540. The lowest BCUT2D eigenvalue weighted by atomic mass is 10.1. The van der Waals surface area contributed by atoms with Crippen LogP contribution in [0.2, 0.25) is 0 Å². The summed E-state index contributed by atoms with van der Waals surface area (Å²) in [6, 6.07) is 29.6. The van der Waals surface area contributed by atoms with Crippen LogP contribution in [0, 0.1) is 5.82 Å². The third kappa shape index (κ3) is 4.58. The smallest absolute Gasteiger partial charge is 0.264 e. The highest BCUT2D eigenvalue weighted by molar-refractivity contribution is 7.89. The topological polar surface area (TPSA) is 69.7 Å². The highest BCUT2D eigenvalue weighted by atomic mass is 32.2. The molecule has 0 unspecified atom stereocenters. The zero-order chi connectivity index (χ0) is 25.3. The summed E-state index contributed by atoms with van der Waals surface area (Å²) in [6.45, 7) is 4.27. The molecule has 8 heteroatoms. The Hall–Kier alpha value is -4.43. The van der Waals surface area contributed by atoms with E-state index in [4.69, 9.17) is 0 Å². The maximum Gasteiger partial charge on any atom is 0.264 e. The number of hydrogen-bond acceptors (Lipinski definition) is 5. The number of nitrogens with one attached hydrogen (secondary N) is 1. The van der Waals surface area contributed by atoms with E-state index in [1.165, 1.54) is 24.3 Å². The van der Waals surface area contributed by atoms with Gasteiger partial charge in [-0.15, -0.1) is 0 Å². The number of hydrazine groups is 1. The third-order valence-corrected chi connectivity index (χ3v) is 6.98. The van der Waals surface area contributed by atoms with Crippen molar-refractivity contribution in [3.63, 3.8) is 0 Å². The van der Waals surface area contributed by atoms with E-state index >= 15 is 0 Å².